The maximum atomic E-state index is 3.69. The second kappa shape index (κ2) is 3.61. The van der Waals surface area contributed by atoms with Gasteiger partial charge in [0, 0.05) is 12.1 Å². The first-order valence-electron chi connectivity index (χ1n) is 5.29. The molecule has 0 saturated heterocycles. The zero-order valence-corrected chi connectivity index (χ0v) is 7.92. The van der Waals surface area contributed by atoms with E-state index in [9.17, 15) is 0 Å². The highest BCUT2D eigenvalue weighted by atomic mass is 15.0. The number of allylic oxidation sites excluding steroid dienone is 1. The lowest BCUT2D eigenvalue weighted by Gasteiger charge is -2.22. The van der Waals surface area contributed by atoms with Gasteiger partial charge in [-0.15, -0.1) is 0 Å². The predicted octanol–water partition coefficient (Wildman–Crippen LogP) is 2.48. The van der Waals surface area contributed by atoms with Crippen LogP contribution in [0.3, 0.4) is 0 Å². The minimum absolute atomic E-state index is 0.675. The first-order valence-corrected chi connectivity index (χ1v) is 5.29. The normalized spacial score (nSPS) is 31.9. The molecule has 1 heteroatoms. The molecular formula is C11H19N. The molecule has 0 bridgehead atoms. The highest BCUT2D eigenvalue weighted by molar-refractivity contribution is 4.99. The summed E-state index contributed by atoms with van der Waals surface area (Å²) in [6.07, 6.45) is 11.6. The zero-order valence-electron chi connectivity index (χ0n) is 7.92. The van der Waals surface area contributed by atoms with Crippen LogP contribution in [0.2, 0.25) is 0 Å². The van der Waals surface area contributed by atoms with Crippen LogP contribution in [0.1, 0.15) is 39.0 Å². The minimum atomic E-state index is 0.675. The van der Waals surface area contributed by atoms with Gasteiger partial charge < -0.3 is 5.32 Å². The van der Waals surface area contributed by atoms with E-state index in [1.807, 2.05) is 0 Å². The summed E-state index contributed by atoms with van der Waals surface area (Å²) in [5.41, 5.74) is 0. The third-order valence-electron chi connectivity index (χ3n) is 3.06. The molecule has 0 aromatic heterocycles. The van der Waals surface area contributed by atoms with E-state index in [0.717, 1.165) is 12.0 Å². The van der Waals surface area contributed by atoms with Crippen molar-refractivity contribution in [3.05, 3.63) is 12.2 Å². The Morgan fingerprint density at radius 3 is 2.75 bits per heavy atom. The van der Waals surface area contributed by atoms with Gasteiger partial charge in [0.15, 0.2) is 0 Å². The average Bonchev–Trinajstić information content (AvgIpc) is 2.88. The van der Waals surface area contributed by atoms with Gasteiger partial charge in [0.05, 0.1) is 0 Å². The summed E-state index contributed by atoms with van der Waals surface area (Å²) in [6.45, 7) is 2.33. The zero-order chi connectivity index (χ0) is 8.39. The lowest BCUT2D eigenvalue weighted by Crippen LogP contribution is -2.37. The van der Waals surface area contributed by atoms with Gasteiger partial charge >= 0.3 is 0 Å². The van der Waals surface area contributed by atoms with Crippen molar-refractivity contribution in [1.82, 2.24) is 5.32 Å². The fourth-order valence-corrected chi connectivity index (χ4v) is 2.02. The van der Waals surface area contributed by atoms with E-state index in [-0.39, 0.29) is 0 Å². The molecule has 1 saturated carbocycles. The maximum absolute atomic E-state index is 3.69. The number of hydrogen-bond acceptors (Lipinski definition) is 1. The third-order valence-corrected chi connectivity index (χ3v) is 3.06. The second-order valence-electron chi connectivity index (χ2n) is 4.26. The molecule has 0 spiro atoms. The van der Waals surface area contributed by atoms with E-state index < -0.39 is 0 Å². The first-order chi connectivity index (χ1) is 5.86. The highest BCUT2D eigenvalue weighted by Gasteiger charge is 2.28. The molecule has 1 nitrogen and oxygen atoms in total. The Hall–Kier alpha value is -0.300. The second-order valence-corrected chi connectivity index (χ2v) is 4.26. The van der Waals surface area contributed by atoms with Crippen molar-refractivity contribution >= 4 is 0 Å². The fourth-order valence-electron chi connectivity index (χ4n) is 2.02. The van der Waals surface area contributed by atoms with E-state index in [0.29, 0.717) is 6.04 Å². The van der Waals surface area contributed by atoms with Gasteiger partial charge in [-0.05, 0) is 44.9 Å². The molecule has 2 rings (SSSR count). The monoisotopic (exact) mass is 165 g/mol. The van der Waals surface area contributed by atoms with Gasteiger partial charge in [-0.1, -0.05) is 12.2 Å². The number of rotatable bonds is 3. The topological polar surface area (TPSA) is 12.0 Å². The molecule has 1 N–H and O–H groups in total. The standard InChI is InChI=1S/C11H19N/c1-9(10-7-8-10)12-11-5-3-2-4-6-11/h3,5,9-12H,2,4,6-8H2,1H3. The van der Waals surface area contributed by atoms with Crippen LogP contribution in [0.25, 0.3) is 0 Å². The van der Waals surface area contributed by atoms with Crippen LogP contribution < -0.4 is 5.32 Å². The van der Waals surface area contributed by atoms with E-state index >= 15 is 0 Å². The minimum Gasteiger partial charge on any atom is -0.308 e. The van der Waals surface area contributed by atoms with Gasteiger partial charge in [0.2, 0.25) is 0 Å². The molecule has 2 aliphatic carbocycles. The smallest absolute Gasteiger partial charge is 0.0252 e. The molecule has 0 amide bonds. The molecular weight excluding hydrogens is 146 g/mol. The van der Waals surface area contributed by atoms with Crippen LogP contribution in [0.4, 0.5) is 0 Å². The van der Waals surface area contributed by atoms with Crippen LogP contribution in [-0.2, 0) is 0 Å². The van der Waals surface area contributed by atoms with Crippen LogP contribution in [0.5, 0.6) is 0 Å². The summed E-state index contributed by atoms with van der Waals surface area (Å²) in [5.74, 6) is 0.986. The first kappa shape index (κ1) is 8.31. The molecule has 0 aromatic rings. The van der Waals surface area contributed by atoms with Crippen molar-refractivity contribution in [3.8, 4) is 0 Å². The predicted molar refractivity (Wildman–Crippen MR) is 52.1 cm³/mol. The Balaban J connectivity index is 1.76. The quantitative estimate of drug-likeness (QED) is 0.633. The summed E-state index contributed by atoms with van der Waals surface area (Å²) in [4.78, 5) is 0. The molecule has 68 valence electrons. The van der Waals surface area contributed by atoms with Crippen LogP contribution in [0, 0.1) is 5.92 Å². The molecule has 1 fully saturated rings. The summed E-state index contributed by atoms with van der Waals surface area (Å²) >= 11 is 0. The maximum Gasteiger partial charge on any atom is 0.0252 e. The Labute approximate surface area is 75.2 Å². The van der Waals surface area contributed by atoms with E-state index in [4.69, 9.17) is 0 Å². The molecule has 2 unspecified atom stereocenters. The van der Waals surface area contributed by atoms with Crippen molar-refractivity contribution < 1.29 is 0 Å². The third kappa shape index (κ3) is 2.10. The fraction of sp³-hybridized carbons (Fsp3) is 0.818. The lowest BCUT2D eigenvalue weighted by atomic mass is 10.0. The van der Waals surface area contributed by atoms with Gasteiger partial charge in [-0.25, -0.2) is 0 Å². The summed E-state index contributed by atoms with van der Waals surface area (Å²) in [6, 6.07) is 1.42. The average molecular weight is 165 g/mol. The molecule has 0 aliphatic heterocycles. The van der Waals surface area contributed by atoms with Crippen molar-refractivity contribution in [2.45, 2.75) is 51.1 Å². The molecule has 12 heavy (non-hydrogen) atoms. The van der Waals surface area contributed by atoms with Gasteiger partial charge in [0.1, 0.15) is 0 Å². The Morgan fingerprint density at radius 2 is 2.17 bits per heavy atom. The van der Waals surface area contributed by atoms with Crippen molar-refractivity contribution in [3.63, 3.8) is 0 Å². The Kier molecular flexibility index (Phi) is 2.50. The summed E-state index contributed by atoms with van der Waals surface area (Å²) in [7, 11) is 0. The number of hydrogen-bond donors (Lipinski definition) is 1. The summed E-state index contributed by atoms with van der Waals surface area (Å²) in [5, 5.41) is 3.69. The van der Waals surface area contributed by atoms with Crippen molar-refractivity contribution in [1.29, 1.82) is 0 Å². The van der Waals surface area contributed by atoms with Gasteiger partial charge in [0.25, 0.3) is 0 Å². The molecule has 0 heterocycles. The summed E-state index contributed by atoms with van der Waals surface area (Å²) < 4.78 is 0. The largest absolute Gasteiger partial charge is 0.308 e. The highest BCUT2D eigenvalue weighted by Crippen LogP contribution is 2.32. The van der Waals surface area contributed by atoms with Gasteiger partial charge in [-0.2, -0.15) is 0 Å². The lowest BCUT2D eigenvalue weighted by molar-refractivity contribution is 0.427. The molecule has 0 aromatic carbocycles. The Bertz CT molecular complexity index is 170. The van der Waals surface area contributed by atoms with Crippen LogP contribution in [-0.4, -0.2) is 12.1 Å². The molecule has 2 aliphatic rings. The van der Waals surface area contributed by atoms with Crippen LogP contribution in [0.15, 0.2) is 12.2 Å². The van der Waals surface area contributed by atoms with E-state index in [2.05, 4.69) is 24.4 Å². The van der Waals surface area contributed by atoms with Crippen molar-refractivity contribution in [2.75, 3.05) is 0 Å². The van der Waals surface area contributed by atoms with E-state index in [1.165, 1.54) is 32.1 Å². The van der Waals surface area contributed by atoms with Crippen molar-refractivity contribution in [2.24, 2.45) is 5.92 Å². The number of nitrogens with one attached hydrogen (secondary N) is 1. The molecule has 0 radical (unpaired) electrons. The van der Waals surface area contributed by atoms with E-state index in [1.54, 1.807) is 0 Å². The SMILES string of the molecule is CC(NC1C=CCCC1)C1CC1. The Morgan fingerprint density at radius 1 is 1.33 bits per heavy atom. The molecule has 2 atom stereocenters. The van der Waals surface area contributed by atoms with Gasteiger partial charge in [-0.3, -0.25) is 0 Å². The van der Waals surface area contributed by atoms with Crippen LogP contribution >= 0.6 is 0 Å².